The molecule has 0 saturated carbocycles. The average molecular weight is 206 g/mol. The summed E-state index contributed by atoms with van der Waals surface area (Å²) in [4.78, 5) is 4.19. The van der Waals surface area contributed by atoms with Crippen LogP contribution in [-0.4, -0.2) is 15.2 Å². The van der Waals surface area contributed by atoms with Gasteiger partial charge in [0.1, 0.15) is 0 Å². The van der Waals surface area contributed by atoms with Crippen LogP contribution in [-0.2, 0) is 0 Å². The van der Waals surface area contributed by atoms with Crippen molar-refractivity contribution in [3.05, 3.63) is 41.4 Å². The molecule has 0 amide bonds. The molecule has 2 aromatic heterocycles. The standard InChI is InChI=1S/C10H8ClN3/c1-7-9(3-2-4-12-7)8-5-10(11)14-13-6-8/h2-6H,1H3. The molecule has 0 aromatic carbocycles. The number of aryl methyl sites for hydroxylation is 1. The van der Waals surface area contributed by atoms with Crippen molar-refractivity contribution in [1.82, 2.24) is 15.2 Å². The third-order valence-electron chi connectivity index (χ3n) is 1.94. The minimum absolute atomic E-state index is 0.394. The summed E-state index contributed by atoms with van der Waals surface area (Å²) in [5.41, 5.74) is 2.93. The Labute approximate surface area is 86.8 Å². The van der Waals surface area contributed by atoms with Crippen molar-refractivity contribution in [2.24, 2.45) is 0 Å². The van der Waals surface area contributed by atoms with E-state index in [-0.39, 0.29) is 0 Å². The van der Waals surface area contributed by atoms with Crippen LogP contribution in [0.2, 0.25) is 5.15 Å². The molecule has 2 aromatic rings. The largest absolute Gasteiger partial charge is 0.261 e. The van der Waals surface area contributed by atoms with Gasteiger partial charge in [0.25, 0.3) is 0 Å². The van der Waals surface area contributed by atoms with Crippen LogP contribution in [0.25, 0.3) is 11.1 Å². The number of hydrogen-bond donors (Lipinski definition) is 0. The van der Waals surface area contributed by atoms with Crippen molar-refractivity contribution in [2.45, 2.75) is 6.92 Å². The normalized spacial score (nSPS) is 10.1. The van der Waals surface area contributed by atoms with Gasteiger partial charge in [-0.05, 0) is 19.1 Å². The van der Waals surface area contributed by atoms with E-state index in [2.05, 4.69) is 15.2 Å². The van der Waals surface area contributed by atoms with Crippen LogP contribution in [0, 0.1) is 6.92 Å². The molecule has 0 N–H and O–H groups in total. The molecule has 2 rings (SSSR count). The summed E-state index contributed by atoms with van der Waals surface area (Å²) >= 11 is 5.75. The zero-order valence-corrected chi connectivity index (χ0v) is 8.36. The van der Waals surface area contributed by atoms with E-state index in [1.165, 1.54) is 0 Å². The van der Waals surface area contributed by atoms with Gasteiger partial charge >= 0.3 is 0 Å². The number of rotatable bonds is 1. The van der Waals surface area contributed by atoms with E-state index in [0.717, 1.165) is 16.8 Å². The highest BCUT2D eigenvalue weighted by molar-refractivity contribution is 6.29. The molecule has 0 fully saturated rings. The highest BCUT2D eigenvalue weighted by atomic mass is 35.5. The zero-order chi connectivity index (χ0) is 9.97. The maximum atomic E-state index is 5.75. The fourth-order valence-corrected chi connectivity index (χ4v) is 1.44. The van der Waals surface area contributed by atoms with Crippen LogP contribution in [0.3, 0.4) is 0 Å². The predicted molar refractivity (Wildman–Crippen MR) is 55.0 cm³/mol. The van der Waals surface area contributed by atoms with Gasteiger partial charge in [-0.25, -0.2) is 0 Å². The van der Waals surface area contributed by atoms with Crippen LogP contribution in [0.5, 0.6) is 0 Å². The molecule has 0 radical (unpaired) electrons. The zero-order valence-electron chi connectivity index (χ0n) is 7.61. The molecule has 3 nitrogen and oxygen atoms in total. The van der Waals surface area contributed by atoms with Gasteiger partial charge in [0.05, 0.1) is 6.20 Å². The van der Waals surface area contributed by atoms with Crippen LogP contribution in [0.1, 0.15) is 5.69 Å². The van der Waals surface area contributed by atoms with Gasteiger partial charge in [0.15, 0.2) is 5.15 Å². The Hall–Kier alpha value is -1.48. The molecule has 0 aliphatic rings. The van der Waals surface area contributed by atoms with E-state index < -0.39 is 0 Å². The van der Waals surface area contributed by atoms with Crippen LogP contribution in [0.4, 0.5) is 0 Å². The van der Waals surface area contributed by atoms with Gasteiger partial charge in [0.2, 0.25) is 0 Å². The van der Waals surface area contributed by atoms with Gasteiger partial charge < -0.3 is 0 Å². The van der Waals surface area contributed by atoms with Gasteiger partial charge in [0, 0.05) is 23.0 Å². The number of pyridine rings is 1. The Balaban J connectivity index is 2.55. The second-order valence-corrected chi connectivity index (χ2v) is 3.29. The quantitative estimate of drug-likeness (QED) is 0.718. The Morgan fingerprint density at radius 2 is 2.21 bits per heavy atom. The van der Waals surface area contributed by atoms with Crippen LogP contribution >= 0.6 is 11.6 Å². The first-order valence-corrected chi connectivity index (χ1v) is 4.55. The lowest BCUT2D eigenvalue weighted by atomic mass is 10.1. The molecule has 0 bridgehead atoms. The number of nitrogens with zero attached hydrogens (tertiary/aromatic N) is 3. The van der Waals surface area contributed by atoms with E-state index >= 15 is 0 Å². The molecular weight excluding hydrogens is 198 g/mol. The van der Waals surface area contributed by atoms with E-state index in [0.29, 0.717) is 5.15 Å². The third-order valence-corrected chi connectivity index (χ3v) is 2.13. The molecule has 14 heavy (non-hydrogen) atoms. The fraction of sp³-hybridized carbons (Fsp3) is 0.100. The lowest BCUT2D eigenvalue weighted by Gasteiger charge is -2.03. The lowest BCUT2D eigenvalue weighted by Crippen LogP contribution is -1.89. The number of halogens is 1. The Morgan fingerprint density at radius 1 is 1.36 bits per heavy atom. The smallest absolute Gasteiger partial charge is 0.152 e. The molecule has 4 heteroatoms. The maximum absolute atomic E-state index is 5.75. The Bertz CT molecular complexity index is 457. The molecular formula is C10H8ClN3. The van der Waals surface area contributed by atoms with Gasteiger partial charge in [-0.15, -0.1) is 5.10 Å². The van der Waals surface area contributed by atoms with Crippen molar-refractivity contribution < 1.29 is 0 Å². The van der Waals surface area contributed by atoms with E-state index in [1.807, 2.05) is 19.1 Å². The van der Waals surface area contributed by atoms with Gasteiger partial charge in [-0.2, -0.15) is 5.10 Å². The Kier molecular flexibility index (Phi) is 2.41. The average Bonchev–Trinajstić information content (AvgIpc) is 2.18. The fourth-order valence-electron chi connectivity index (χ4n) is 1.28. The molecule has 0 spiro atoms. The molecule has 2 heterocycles. The highest BCUT2D eigenvalue weighted by Gasteiger charge is 2.02. The topological polar surface area (TPSA) is 38.7 Å². The van der Waals surface area contributed by atoms with Gasteiger partial charge in [-0.1, -0.05) is 17.7 Å². The molecule has 0 unspecified atom stereocenters. The predicted octanol–water partition coefficient (Wildman–Crippen LogP) is 2.50. The first-order valence-electron chi connectivity index (χ1n) is 4.17. The molecule has 0 aliphatic heterocycles. The first kappa shape index (κ1) is 9.09. The second-order valence-electron chi connectivity index (χ2n) is 2.90. The molecule has 70 valence electrons. The summed E-state index contributed by atoms with van der Waals surface area (Å²) in [5, 5.41) is 7.88. The molecule has 0 saturated heterocycles. The first-order chi connectivity index (χ1) is 6.77. The summed E-state index contributed by atoms with van der Waals surface area (Å²) in [5.74, 6) is 0. The molecule has 0 atom stereocenters. The summed E-state index contributed by atoms with van der Waals surface area (Å²) in [6.45, 7) is 1.95. The summed E-state index contributed by atoms with van der Waals surface area (Å²) in [6, 6.07) is 5.64. The second kappa shape index (κ2) is 3.72. The van der Waals surface area contributed by atoms with Crippen LogP contribution < -0.4 is 0 Å². The SMILES string of the molecule is Cc1ncccc1-c1cnnc(Cl)c1. The van der Waals surface area contributed by atoms with Crippen molar-refractivity contribution in [3.8, 4) is 11.1 Å². The minimum atomic E-state index is 0.394. The van der Waals surface area contributed by atoms with Crippen molar-refractivity contribution >= 4 is 11.6 Å². The van der Waals surface area contributed by atoms with E-state index in [1.54, 1.807) is 18.5 Å². The number of aromatic nitrogens is 3. The summed E-state index contributed by atoms with van der Waals surface area (Å²) in [7, 11) is 0. The highest BCUT2D eigenvalue weighted by Crippen LogP contribution is 2.21. The minimum Gasteiger partial charge on any atom is -0.261 e. The monoisotopic (exact) mass is 205 g/mol. The van der Waals surface area contributed by atoms with Crippen molar-refractivity contribution in [2.75, 3.05) is 0 Å². The third kappa shape index (κ3) is 1.72. The van der Waals surface area contributed by atoms with E-state index in [9.17, 15) is 0 Å². The summed E-state index contributed by atoms with van der Waals surface area (Å²) < 4.78 is 0. The Morgan fingerprint density at radius 3 is 2.93 bits per heavy atom. The van der Waals surface area contributed by atoms with Gasteiger partial charge in [-0.3, -0.25) is 4.98 Å². The maximum Gasteiger partial charge on any atom is 0.152 e. The van der Waals surface area contributed by atoms with Crippen molar-refractivity contribution in [1.29, 1.82) is 0 Å². The molecule has 0 aliphatic carbocycles. The summed E-state index contributed by atoms with van der Waals surface area (Å²) in [6.07, 6.45) is 3.44. The van der Waals surface area contributed by atoms with Crippen molar-refractivity contribution in [3.63, 3.8) is 0 Å². The van der Waals surface area contributed by atoms with E-state index in [4.69, 9.17) is 11.6 Å². The number of hydrogen-bond acceptors (Lipinski definition) is 3. The van der Waals surface area contributed by atoms with Crippen LogP contribution in [0.15, 0.2) is 30.6 Å². The lowest BCUT2D eigenvalue weighted by molar-refractivity contribution is 1.03.